The van der Waals surface area contributed by atoms with Gasteiger partial charge in [0.05, 0.1) is 0 Å². The normalized spacial score (nSPS) is 22.3. The van der Waals surface area contributed by atoms with Crippen molar-refractivity contribution in [3.05, 3.63) is 0 Å². The minimum Gasteiger partial charge on any atom is -0.299 e. The van der Waals surface area contributed by atoms with E-state index >= 15 is 0 Å². The second-order valence-electron chi connectivity index (χ2n) is 2.14. The van der Waals surface area contributed by atoms with Gasteiger partial charge in [-0.1, -0.05) is 0 Å². The fourth-order valence-electron chi connectivity index (χ4n) is 0.944. The molecule has 0 bridgehead atoms. The van der Waals surface area contributed by atoms with Gasteiger partial charge in [-0.3, -0.25) is 4.90 Å². The smallest absolute Gasteiger partial charge is 0.102 e. The van der Waals surface area contributed by atoms with Crippen molar-refractivity contribution in [1.29, 1.82) is 0 Å². The Balaban J connectivity index is 2.08. The van der Waals surface area contributed by atoms with Crippen molar-refractivity contribution in [3.63, 3.8) is 0 Å². The summed E-state index contributed by atoms with van der Waals surface area (Å²) >= 11 is 1.96. The summed E-state index contributed by atoms with van der Waals surface area (Å²) in [5.74, 6) is 2.36. The summed E-state index contributed by atoms with van der Waals surface area (Å²) in [6.45, 7) is 2.61. The Bertz CT molecular complexity index is 70.7. The SMILES string of the molecule is FCCN1CCSCC1. The molecule has 1 saturated heterocycles. The maximum Gasteiger partial charge on any atom is 0.102 e. The topological polar surface area (TPSA) is 3.24 Å². The molecule has 0 aromatic heterocycles. The highest BCUT2D eigenvalue weighted by molar-refractivity contribution is 7.99. The van der Waals surface area contributed by atoms with Crippen molar-refractivity contribution in [1.82, 2.24) is 4.90 Å². The van der Waals surface area contributed by atoms with Gasteiger partial charge in [0.15, 0.2) is 0 Å². The van der Waals surface area contributed by atoms with Crippen molar-refractivity contribution in [2.24, 2.45) is 0 Å². The molecule has 0 spiro atoms. The van der Waals surface area contributed by atoms with Crippen LogP contribution < -0.4 is 0 Å². The lowest BCUT2D eigenvalue weighted by atomic mass is 10.5. The van der Waals surface area contributed by atoms with Crippen LogP contribution in [-0.4, -0.2) is 42.7 Å². The second-order valence-corrected chi connectivity index (χ2v) is 3.37. The zero-order valence-corrected chi connectivity index (χ0v) is 6.29. The van der Waals surface area contributed by atoms with E-state index in [-0.39, 0.29) is 6.67 Å². The van der Waals surface area contributed by atoms with Gasteiger partial charge in [-0.15, -0.1) is 0 Å². The predicted molar refractivity (Wildman–Crippen MR) is 39.7 cm³/mol. The lowest BCUT2D eigenvalue weighted by Crippen LogP contribution is -2.34. The molecule has 1 rings (SSSR count). The molecule has 1 fully saturated rings. The van der Waals surface area contributed by atoms with E-state index in [1.165, 1.54) is 11.5 Å². The zero-order chi connectivity index (χ0) is 6.53. The van der Waals surface area contributed by atoms with E-state index in [0.29, 0.717) is 6.54 Å². The number of nitrogens with zero attached hydrogens (tertiary/aromatic N) is 1. The summed E-state index contributed by atoms with van der Waals surface area (Å²) in [4.78, 5) is 2.18. The number of hydrogen-bond donors (Lipinski definition) is 0. The third-order valence-corrected chi connectivity index (χ3v) is 2.45. The Labute approximate surface area is 59.6 Å². The maximum absolute atomic E-state index is 11.7. The van der Waals surface area contributed by atoms with Crippen molar-refractivity contribution in [2.45, 2.75) is 0 Å². The fraction of sp³-hybridized carbons (Fsp3) is 1.00. The van der Waals surface area contributed by atoms with Crippen LogP contribution in [0.5, 0.6) is 0 Å². The Morgan fingerprint density at radius 2 is 2.00 bits per heavy atom. The monoisotopic (exact) mass is 149 g/mol. The number of halogens is 1. The first-order chi connectivity index (χ1) is 4.43. The maximum atomic E-state index is 11.7. The van der Waals surface area contributed by atoms with E-state index < -0.39 is 0 Å². The van der Waals surface area contributed by atoms with Crippen LogP contribution in [0.4, 0.5) is 4.39 Å². The van der Waals surface area contributed by atoms with Gasteiger partial charge in [-0.05, 0) is 0 Å². The molecule has 1 heterocycles. The van der Waals surface area contributed by atoms with Gasteiger partial charge in [0, 0.05) is 31.1 Å². The molecule has 0 aromatic rings. The third kappa shape index (κ3) is 2.54. The van der Waals surface area contributed by atoms with Crippen LogP contribution >= 0.6 is 11.8 Å². The molecular weight excluding hydrogens is 137 g/mol. The van der Waals surface area contributed by atoms with Crippen LogP contribution in [-0.2, 0) is 0 Å². The molecule has 0 amide bonds. The van der Waals surface area contributed by atoms with E-state index in [4.69, 9.17) is 0 Å². The minimum absolute atomic E-state index is 0.190. The molecule has 1 nitrogen and oxygen atoms in total. The summed E-state index contributed by atoms with van der Waals surface area (Å²) in [6.07, 6.45) is 0. The molecule has 3 heteroatoms. The zero-order valence-electron chi connectivity index (χ0n) is 5.48. The Hall–Kier alpha value is 0.240. The summed E-state index contributed by atoms with van der Waals surface area (Å²) in [7, 11) is 0. The molecule has 0 atom stereocenters. The largest absolute Gasteiger partial charge is 0.299 e. The molecule has 0 saturated carbocycles. The van der Waals surface area contributed by atoms with Gasteiger partial charge in [0.2, 0.25) is 0 Å². The molecule has 0 aliphatic carbocycles. The summed E-state index contributed by atoms with van der Waals surface area (Å²) < 4.78 is 11.7. The molecule has 0 radical (unpaired) electrons. The summed E-state index contributed by atoms with van der Waals surface area (Å²) in [6, 6.07) is 0. The summed E-state index contributed by atoms with van der Waals surface area (Å²) in [5, 5.41) is 0. The van der Waals surface area contributed by atoms with E-state index in [2.05, 4.69) is 4.90 Å². The van der Waals surface area contributed by atoms with E-state index in [0.717, 1.165) is 13.1 Å². The predicted octanol–water partition coefficient (Wildman–Crippen LogP) is 1.00. The van der Waals surface area contributed by atoms with Gasteiger partial charge in [0.1, 0.15) is 6.67 Å². The molecule has 0 aromatic carbocycles. The van der Waals surface area contributed by atoms with Crippen LogP contribution in [0.25, 0.3) is 0 Å². The van der Waals surface area contributed by atoms with Gasteiger partial charge in [0.25, 0.3) is 0 Å². The number of rotatable bonds is 2. The Morgan fingerprint density at radius 1 is 1.33 bits per heavy atom. The van der Waals surface area contributed by atoms with Crippen LogP contribution in [0.3, 0.4) is 0 Å². The van der Waals surface area contributed by atoms with Crippen LogP contribution in [0, 0.1) is 0 Å². The first-order valence-corrected chi connectivity index (χ1v) is 4.45. The first kappa shape index (κ1) is 7.35. The van der Waals surface area contributed by atoms with E-state index in [9.17, 15) is 4.39 Å². The van der Waals surface area contributed by atoms with Gasteiger partial charge < -0.3 is 0 Å². The highest BCUT2D eigenvalue weighted by atomic mass is 32.2. The van der Waals surface area contributed by atoms with Crippen molar-refractivity contribution in [2.75, 3.05) is 37.8 Å². The lowest BCUT2D eigenvalue weighted by Gasteiger charge is -2.24. The first-order valence-electron chi connectivity index (χ1n) is 3.29. The van der Waals surface area contributed by atoms with Gasteiger partial charge in [-0.2, -0.15) is 11.8 Å². The number of alkyl halides is 1. The fourth-order valence-corrected chi connectivity index (χ4v) is 1.92. The summed E-state index contributed by atoms with van der Waals surface area (Å²) in [5.41, 5.74) is 0. The number of hydrogen-bond acceptors (Lipinski definition) is 2. The van der Waals surface area contributed by atoms with E-state index in [1.54, 1.807) is 0 Å². The average Bonchev–Trinajstić information content (AvgIpc) is 1.91. The molecular formula is C6H12FNS. The molecule has 54 valence electrons. The van der Waals surface area contributed by atoms with Crippen LogP contribution in [0.2, 0.25) is 0 Å². The second kappa shape index (κ2) is 4.12. The molecule has 0 unspecified atom stereocenters. The van der Waals surface area contributed by atoms with Gasteiger partial charge in [-0.25, -0.2) is 4.39 Å². The lowest BCUT2D eigenvalue weighted by molar-refractivity contribution is 0.270. The molecule has 1 aliphatic rings. The average molecular weight is 149 g/mol. The van der Waals surface area contributed by atoms with E-state index in [1.807, 2.05) is 11.8 Å². The minimum atomic E-state index is -0.190. The van der Waals surface area contributed by atoms with Gasteiger partial charge >= 0.3 is 0 Å². The third-order valence-electron chi connectivity index (χ3n) is 1.50. The Morgan fingerprint density at radius 3 is 2.56 bits per heavy atom. The number of thioether (sulfide) groups is 1. The van der Waals surface area contributed by atoms with Crippen molar-refractivity contribution < 1.29 is 4.39 Å². The van der Waals surface area contributed by atoms with Crippen LogP contribution in [0.1, 0.15) is 0 Å². The Kier molecular flexibility index (Phi) is 3.36. The molecule has 0 N–H and O–H groups in total. The highest BCUT2D eigenvalue weighted by Crippen LogP contribution is 2.07. The standard InChI is InChI=1S/C6H12FNS/c7-1-2-8-3-5-9-6-4-8/h1-6H2. The van der Waals surface area contributed by atoms with Crippen molar-refractivity contribution >= 4 is 11.8 Å². The quantitative estimate of drug-likeness (QED) is 0.576. The molecule has 9 heavy (non-hydrogen) atoms. The molecule has 1 aliphatic heterocycles. The van der Waals surface area contributed by atoms with Crippen molar-refractivity contribution in [3.8, 4) is 0 Å². The highest BCUT2D eigenvalue weighted by Gasteiger charge is 2.08. The van der Waals surface area contributed by atoms with Crippen LogP contribution in [0.15, 0.2) is 0 Å².